The molecule has 4 rings (SSSR count). The predicted octanol–water partition coefficient (Wildman–Crippen LogP) is 0.668. The van der Waals surface area contributed by atoms with Crippen molar-refractivity contribution >= 4 is 17.6 Å². The Labute approximate surface area is 133 Å². The van der Waals surface area contributed by atoms with E-state index in [1.54, 1.807) is 17.1 Å². The first kappa shape index (κ1) is 14.2. The van der Waals surface area contributed by atoms with E-state index >= 15 is 0 Å². The number of anilines is 1. The molecule has 2 saturated heterocycles. The van der Waals surface area contributed by atoms with E-state index in [4.69, 9.17) is 4.74 Å². The molecule has 0 aromatic heterocycles. The second kappa shape index (κ2) is 4.80. The highest BCUT2D eigenvalue weighted by molar-refractivity contribution is 6.03. The summed E-state index contributed by atoms with van der Waals surface area (Å²) < 4.78 is 6.00. The van der Waals surface area contributed by atoms with E-state index in [0.29, 0.717) is 6.42 Å². The van der Waals surface area contributed by atoms with Crippen molar-refractivity contribution < 1.29 is 19.4 Å². The van der Waals surface area contributed by atoms with Gasteiger partial charge >= 0.3 is 0 Å². The van der Waals surface area contributed by atoms with Gasteiger partial charge in [-0.1, -0.05) is 36.4 Å². The molecule has 23 heavy (non-hydrogen) atoms. The zero-order valence-electron chi connectivity index (χ0n) is 12.4. The number of carboxylic acids is 1. The molecule has 3 heterocycles. The number of carbonyl (C=O) groups excluding carboxylic acids is 2. The summed E-state index contributed by atoms with van der Waals surface area (Å²) in [6, 6.07) is 8.96. The van der Waals surface area contributed by atoms with Crippen LogP contribution >= 0.6 is 0 Å². The molecule has 1 aromatic rings. The third-order valence-electron chi connectivity index (χ3n) is 5.12. The van der Waals surface area contributed by atoms with Crippen molar-refractivity contribution in [2.24, 2.45) is 11.8 Å². The zero-order chi connectivity index (χ0) is 16.2. The number of para-hydroxylation sites is 1. The van der Waals surface area contributed by atoms with Gasteiger partial charge in [-0.05, 0) is 18.6 Å². The van der Waals surface area contributed by atoms with Crippen LogP contribution < -0.4 is 10.0 Å². The normalized spacial score (nSPS) is 37.2. The first-order valence-electron chi connectivity index (χ1n) is 7.67. The van der Waals surface area contributed by atoms with Crippen molar-refractivity contribution in [2.75, 3.05) is 4.90 Å². The monoisotopic (exact) mass is 310 g/mol. The van der Waals surface area contributed by atoms with E-state index < -0.39 is 29.5 Å². The maximum absolute atomic E-state index is 13.1. The van der Waals surface area contributed by atoms with Gasteiger partial charge in [0.15, 0.2) is 0 Å². The largest absolute Gasteiger partial charge is 0.550 e. The Morgan fingerprint density at radius 2 is 2.13 bits per heavy atom. The van der Waals surface area contributed by atoms with Crippen molar-refractivity contribution in [1.29, 1.82) is 0 Å². The minimum atomic E-state index is -1.23. The highest BCUT2D eigenvalue weighted by atomic mass is 16.5. The molecule has 0 aliphatic carbocycles. The van der Waals surface area contributed by atoms with Gasteiger partial charge in [-0.25, -0.2) is 0 Å². The fourth-order valence-corrected chi connectivity index (χ4v) is 4.26. The Balaban J connectivity index is 1.85. The Morgan fingerprint density at radius 3 is 2.78 bits per heavy atom. The summed E-state index contributed by atoms with van der Waals surface area (Å²) in [5.41, 5.74) is -0.165. The average Bonchev–Trinajstić information content (AvgIpc) is 3.18. The van der Waals surface area contributed by atoms with Gasteiger partial charge in [0.1, 0.15) is 5.60 Å². The van der Waals surface area contributed by atoms with Crippen molar-refractivity contribution in [3.8, 4) is 0 Å². The van der Waals surface area contributed by atoms with E-state index in [0.717, 1.165) is 5.69 Å². The summed E-state index contributed by atoms with van der Waals surface area (Å²) in [6.07, 6.45) is 5.28. The van der Waals surface area contributed by atoms with Crippen LogP contribution in [0.4, 0.5) is 5.69 Å². The van der Waals surface area contributed by atoms with Gasteiger partial charge in [0.2, 0.25) is 5.91 Å². The highest BCUT2D eigenvalue weighted by Crippen LogP contribution is 2.56. The summed E-state index contributed by atoms with van der Waals surface area (Å²) >= 11 is 0. The van der Waals surface area contributed by atoms with Crippen molar-refractivity contribution in [2.45, 2.75) is 24.2 Å². The molecule has 0 radical (unpaired) electrons. The Hall–Kier alpha value is -2.40. The molecule has 5 atom stereocenters. The average molecular weight is 310 g/mol. The van der Waals surface area contributed by atoms with Crippen LogP contribution in [-0.2, 0) is 14.3 Å². The van der Waals surface area contributed by atoms with E-state index in [2.05, 4.69) is 6.58 Å². The van der Waals surface area contributed by atoms with Crippen LogP contribution in [0.5, 0.6) is 0 Å². The zero-order valence-corrected chi connectivity index (χ0v) is 12.4. The molecule has 118 valence electrons. The maximum Gasteiger partial charge on any atom is 0.234 e. The molecule has 0 unspecified atom stereocenters. The van der Waals surface area contributed by atoms with Crippen LogP contribution in [-0.4, -0.2) is 29.6 Å². The molecule has 0 saturated carbocycles. The van der Waals surface area contributed by atoms with Crippen LogP contribution in [0.2, 0.25) is 0 Å². The molecule has 1 aromatic carbocycles. The number of benzene rings is 1. The van der Waals surface area contributed by atoms with Crippen LogP contribution in [0, 0.1) is 11.8 Å². The molecule has 3 aliphatic heterocycles. The van der Waals surface area contributed by atoms with Gasteiger partial charge in [-0.3, -0.25) is 4.79 Å². The van der Waals surface area contributed by atoms with E-state index in [9.17, 15) is 14.7 Å². The van der Waals surface area contributed by atoms with E-state index in [1.807, 2.05) is 36.4 Å². The van der Waals surface area contributed by atoms with Crippen molar-refractivity contribution in [3.63, 3.8) is 0 Å². The Kier molecular flexibility index (Phi) is 2.96. The summed E-state index contributed by atoms with van der Waals surface area (Å²) in [5.74, 6) is -3.13. The van der Waals surface area contributed by atoms with Crippen molar-refractivity contribution in [1.82, 2.24) is 0 Å². The summed E-state index contributed by atoms with van der Waals surface area (Å²) in [4.78, 5) is 26.3. The van der Waals surface area contributed by atoms with Crippen LogP contribution in [0.3, 0.4) is 0 Å². The summed E-state index contributed by atoms with van der Waals surface area (Å²) in [7, 11) is 0. The standard InChI is InChI=1S/C18H17NO4/c1-2-6-13-18-10-9-12(23-18)14(17(21)22)15(18)16(20)19(13)11-7-4-3-5-8-11/h2-5,7-10,12-15H,1,6H2,(H,21,22)/p-1/t12-,13-,14+,15-,18-/m1/s1. The summed E-state index contributed by atoms with van der Waals surface area (Å²) in [6.45, 7) is 3.78. The third-order valence-corrected chi connectivity index (χ3v) is 5.12. The third kappa shape index (κ3) is 1.71. The minimum absolute atomic E-state index is 0.218. The van der Waals surface area contributed by atoms with Crippen molar-refractivity contribution in [3.05, 3.63) is 55.1 Å². The lowest BCUT2D eigenvalue weighted by molar-refractivity contribution is -0.313. The predicted molar refractivity (Wildman–Crippen MR) is 81.3 cm³/mol. The lowest BCUT2D eigenvalue weighted by Gasteiger charge is -2.32. The van der Waals surface area contributed by atoms with E-state index in [-0.39, 0.29) is 11.9 Å². The van der Waals surface area contributed by atoms with Gasteiger partial charge in [0.25, 0.3) is 0 Å². The fraction of sp³-hybridized carbons (Fsp3) is 0.333. The van der Waals surface area contributed by atoms with Gasteiger partial charge in [0.05, 0.1) is 18.1 Å². The number of hydrogen-bond acceptors (Lipinski definition) is 4. The number of ether oxygens (including phenoxy) is 1. The molecule has 5 nitrogen and oxygen atoms in total. The molecule has 5 heteroatoms. The lowest BCUT2D eigenvalue weighted by Crippen LogP contribution is -2.46. The SMILES string of the molecule is C=CC[C@H]1N(c2ccccc2)C(=O)[C@H]2[C@@H](C(=O)[O-])[C@H]3C=C[C@]21O3. The number of carbonyl (C=O) groups is 2. The number of aliphatic carboxylic acids is 1. The van der Waals surface area contributed by atoms with Crippen LogP contribution in [0.25, 0.3) is 0 Å². The first-order chi connectivity index (χ1) is 11.1. The summed E-state index contributed by atoms with van der Waals surface area (Å²) in [5, 5.41) is 11.6. The second-order valence-corrected chi connectivity index (χ2v) is 6.20. The lowest BCUT2D eigenvalue weighted by atomic mass is 9.74. The second-order valence-electron chi connectivity index (χ2n) is 6.20. The highest BCUT2D eigenvalue weighted by Gasteiger charge is 2.69. The smallest absolute Gasteiger partial charge is 0.234 e. The molecular formula is C18H16NO4-. The number of fused-ring (bicyclic) bond motifs is 1. The van der Waals surface area contributed by atoms with Gasteiger partial charge in [-0.15, -0.1) is 6.58 Å². The number of amides is 1. The molecule has 2 fully saturated rings. The number of carboxylic acid groups (broad SMARTS) is 1. The number of nitrogens with zero attached hydrogens (tertiary/aromatic N) is 1. The van der Waals surface area contributed by atoms with Gasteiger partial charge < -0.3 is 19.5 Å². The van der Waals surface area contributed by atoms with Crippen LogP contribution in [0.15, 0.2) is 55.1 Å². The molecule has 1 spiro atoms. The number of rotatable bonds is 4. The van der Waals surface area contributed by atoms with Crippen LogP contribution in [0.1, 0.15) is 6.42 Å². The minimum Gasteiger partial charge on any atom is -0.550 e. The molecular weight excluding hydrogens is 294 g/mol. The Bertz CT molecular complexity index is 713. The quantitative estimate of drug-likeness (QED) is 0.766. The Morgan fingerprint density at radius 1 is 1.39 bits per heavy atom. The topological polar surface area (TPSA) is 69.7 Å². The molecule has 3 aliphatic rings. The molecule has 1 amide bonds. The van der Waals surface area contributed by atoms with Gasteiger partial charge in [0, 0.05) is 17.6 Å². The molecule has 2 bridgehead atoms. The maximum atomic E-state index is 13.1. The van der Waals surface area contributed by atoms with E-state index in [1.165, 1.54) is 0 Å². The van der Waals surface area contributed by atoms with Gasteiger partial charge in [-0.2, -0.15) is 0 Å². The fourth-order valence-electron chi connectivity index (χ4n) is 4.26. The molecule has 0 N–H and O–H groups in total. The number of hydrogen-bond donors (Lipinski definition) is 0. The first-order valence-corrected chi connectivity index (χ1v) is 7.67.